The van der Waals surface area contributed by atoms with Crippen LogP contribution in [0.2, 0.25) is 13.1 Å². The third kappa shape index (κ3) is 5.38. The number of amides is 2. The van der Waals surface area contributed by atoms with E-state index in [1.54, 1.807) is 45.2 Å². The molecule has 3 rings (SSSR count). The molecule has 1 saturated heterocycles. The van der Waals surface area contributed by atoms with Gasteiger partial charge in [0.2, 0.25) is 5.91 Å². The minimum Gasteiger partial charge on any atom is -0.497 e. The Balaban J connectivity index is 1.81. The summed E-state index contributed by atoms with van der Waals surface area (Å²) in [5, 5.41) is 16.8. The van der Waals surface area contributed by atoms with Crippen LogP contribution in [0.5, 0.6) is 5.75 Å². The van der Waals surface area contributed by atoms with Crippen molar-refractivity contribution in [2.45, 2.75) is 44.6 Å². The number of ether oxygens (including phenoxy) is 1. The summed E-state index contributed by atoms with van der Waals surface area (Å²) >= 11 is 0. The predicted octanol–water partition coefficient (Wildman–Crippen LogP) is 1.64. The number of rotatable bonds is 8. The third-order valence-electron chi connectivity index (χ3n) is 6.04. The van der Waals surface area contributed by atoms with Gasteiger partial charge in [0.1, 0.15) is 11.8 Å². The Morgan fingerprint density at radius 1 is 1.09 bits per heavy atom. The lowest BCUT2D eigenvalue weighted by Crippen LogP contribution is -2.65. The lowest BCUT2D eigenvalue weighted by Gasteiger charge is -2.46. The number of carbonyl (C=O) groups is 2. The monoisotopic (exact) mass is 455 g/mol. The molecular weight excluding hydrogens is 422 g/mol. The van der Waals surface area contributed by atoms with E-state index in [2.05, 4.69) is 23.7 Å². The molecule has 0 bridgehead atoms. The highest BCUT2D eigenvalue weighted by molar-refractivity contribution is 6.70. The molecule has 7 nitrogen and oxygen atoms in total. The maximum atomic E-state index is 13.3. The van der Waals surface area contributed by atoms with Crippen molar-refractivity contribution in [3.05, 3.63) is 54.1 Å². The van der Waals surface area contributed by atoms with Gasteiger partial charge in [-0.15, -0.1) is 0 Å². The number of methoxy groups -OCH3 is 1. The second-order valence-corrected chi connectivity index (χ2v) is 12.0. The molecule has 0 aromatic heterocycles. The van der Waals surface area contributed by atoms with Crippen LogP contribution in [0.3, 0.4) is 0 Å². The van der Waals surface area contributed by atoms with Gasteiger partial charge in [0.25, 0.3) is 5.91 Å². The zero-order chi connectivity index (χ0) is 23.5. The number of hydrogen-bond acceptors (Lipinski definition) is 5. The molecule has 32 heavy (non-hydrogen) atoms. The van der Waals surface area contributed by atoms with E-state index in [0.29, 0.717) is 30.1 Å². The molecule has 1 heterocycles. The predicted molar refractivity (Wildman–Crippen MR) is 129 cm³/mol. The Labute approximate surface area is 191 Å². The van der Waals surface area contributed by atoms with Gasteiger partial charge in [0.15, 0.2) is 0 Å². The Morgan fingerprint density at radius 3 is 2.19 bits per heavy atom. The van der Waals surface area contributed by atoms with E-state index in [1.165, 1.54) is 5.19 Å². The topological polar surface area (TPSA) is 90.9 Å². The summed E-state index contributed by atoms with van der Waals surface area (Å²) in [6, 6.07) is 14.1. The van der Waals surface area contributed by atoms with Crippen LogP contribution in [-0.4, -0.2) is 62.5 Å². The summed E-state index contributed by atoms with van der Waals surface area (Å²) in [7, 11) is 0.661. The molecule has 1 aliphatic heterocycles. The molecule has 172 valence electrons. The molecule has 2 aromatic carbocycles. The van der Waals surface area contributed by atoms with Crippen LogP contribution in [0.4, 0.5) is 5.69 Å². The van der Waals surface area contributed by atoms with Crippen LogP contribution in [0, 0.1) is 0 Å². The summed E-state index contributed by atoms with van der Waals surface area (Å²) in [6.07, 6.45) is -0.417. The van der Waals surface area contributed by atoms with Crippen LogP contribution in [0.15, 0.2) is 48.5 Å². The van der Waals surface area contributed by atoms with E-state index < -0.39 is 26.5 Å². The number of likely N-dealkylation sites (tertiary alicyclic amines) is 1. The van der Waals surface area contributed by atoms with Gasteiger partial charge in [-0.1, -0.05) is 42.5 Å². The van der Waals surface area contributed by atoms with Crippen molar-refractivity contribution >= 4 is 31.5 Å². The summed E-state index contributed by atoms with van der Waals surface area (Å²) in [6.45, 7) is 8.97. The Morgan fingerprint density at radius 2 is 1.69 bits per heavy atom. The highest BCUT2D eigenvalue weighted by Crippen LogP contribution is 2.25. The molecule has 3 N–H and O–H groups in total. The summed E-state index contributed by atoms with van der Waals surface area (Å²) in [5.74, 6) is 0.0709. The molecule has 1 aliphatic rings. The Hall–Kier alpha value is -2.68. The Kier molecular flexibility index (Phi) is 7.38. The summed E-state index contributed by atoms with van der Waals surface area (Å²) in [4.78, 5) is 28.3. The van der Waals surface area contributed by atoms with E-state index in [-0.39, 0.29) is 11.8 Å². The molecule has 1 atom stereocenters. The second kappa shape index (κ2) is 9.85. The number of hydrogen-bond donors (Lipinski definition) is 3. The molecule has 0 spiro atoms. The van der Waals surface area contributed by atoms with Gasteiger partial charge < -0.3 is 20.5 Å². The normalized spacial score (nSPS) is 15.7. The van der Waals surface area contributed by atoms with Crippen molar-refractivity contribution in [3.63, 3.8) is 0 Å². The van der Waals surface area contributed by atoms with Gasteiger partial charge in [-0.2, -0.15) is 0 Å². The van der Waals surface area contributed by atoms with Gasteiger partial charge in [-0.3, -0.25) is 14.5 Å². The molecule has 0 radical (unpaired) electrons. The van der Waals surface area contributed by atoms with E-state index in [1.807, 2.05) is 29.2 Å². The highest BCUT2D eigenvalue weighted by Gasteiger charge is 2.42. The van der Waals surface area contributed by atoms with Crippen molar-refractivity contribution in [3.8, 4) is 5.75 Å². The second-order valence-electron chi connectivity index (χ2n) is 9.06. The van der Waals surface area contributed by atoms with Gasteiger partial charge in [-0.25, -0.2) is 0 Å². The van der Waals surface area contributed by atoms with Crippen molar-refractivity contribution in [2.24, 2.45) is 0 Å². The van der Waals surface area contributed by atoms with Gasteiger partial charge in [-0.05, 0) is 43.7 Å². The third-order valence-corrected chi connectivity index (χ3v) is 7.76. The van der Waals surface area contributed by atoms with E-state index in [0.717, 1.165) is 0 Å². The van der Waals surface area contributed by atoms with Crippen LogP contribution in [0.1, 0.15) is 25.5 Å². The molecule has 2 amide bonds. The minimum absolute atomic E-state index is 0.276. The molecule has 2 aromatic rings. The standard InChI is InChI=1S/C24H33N3O4Si/c1-24(2,27-14-18(28)15-27)23(30)26-21(16-6-10-19(31-3)11-7-16)22(29)25-17-8-12-20(13-9-17)32(4)5/h6-13,18,21,28,32H,14-15H2,1-5H3,(H,25,29)(H,26,30). The number of nitrogens with zero attached hydrogens (tertiary/aromatic N) is 1. The lowest BCUT2D eigenvalue weighted by atomic mass is 9.94. The molecule has 0 aliphatic carbocycles. The zero-order valence-corrected chi connectivity index (χ0v) is 20.5. The van der Waals surface area contributed by atoms with Crippen molar-refractivity contribution in [1.29, 1.82) is 0 Å². The first-order valence-corrected chi connectivity index (χ1v) is 13.8. The average molecular weight is 456 g/mol. The quantitative estimate of drug-likeness (QED) is 0.527. The number of β-amino-alcohol motifs (C(OH)–C–C–N with tert-alkyl or cyclic N) is 1. The molecule has 1 unspecified atom stereocenters. The maximum Gasteiger partial charge on any atom is 0.251 e. The number of anilines is 1. The van der Waals surface area contributed by atoms with Crippen LogP contribution in [-0.2, 0) is 9.59 Å². The number of benzene rings is 2. The number of carbonyl (C=O) groups excluding carboxylic acids is 2. The lowest BCUT2D eigenvalue weighted by molar-refractivity contribution is -0.142. The fraction of sp³-hybridized carbons (Fsp3) is 0.417. The molecule has 1 fully saturated rings. The first kappa shape index (κ1) is 24.0. The number of aliphatic hydroxyl groups excluding tert-OH is 1. The Bertz CT molecular complexity index is 939. The number of aliphatic hydroxyl groups is 1. The van der Waals surface area contributed by atoms with Crippen LogP contribution >= 0.6 is 0 Å². The molecular formula is C24H33N3O4Si. The SMILES string of the molecule is COc1ccc(C(NC(=O)C(C)(C)N2CC(O)C2)C(=O)Nc2ccc([SiH](C)C)cc2)cc1. The first-order chi connectivity index (χ1) is 15.1. The van der Waals surface area contributed by atoms with Crippen LogP contribution < -0.4 is 20.6 Å². The van der Waals surface area contributed by atoms with Gasteiger partial charge in [0, 0.05) is 18.8 Å². The fourth-order valence-corrected chi connectivity index (χ4v) is 4.59. The van der Waals surface area contributed by atoms with Crippen molar-refractivity contribution < 1.29 is 19.4 Å². The fourth-order valence-electron chi connectivity index (χ4n) is 3.63. The smallest absolute Gasteiger partial charge is 0.251 e. The largest absolute Gasteiger partial charge is 0.497 e. The van der Waals surface area contributed by atoms with Crippen molar-refractivity contribution in [1.82, 2.24) is 10.2 Å². The average Bonchev–Trinajstić information content (AvgIpc) is 2.75. The highest BCUT2D eigenvalue weighted by atomic mass is 28.3. The minimum atomic E-state index is -0.917. The van der Waals surface area contributed by atoms with Crippen molar-refractivity contribution in [2.75, 3.05) is 25.5 Å². The van der Waals surface area contributed by atoms with E-state index in [4.69, 9.17) is 4.74 Å². The first-order valence-electron chi connectivity index (χ1n) is 10.9. The van der Waals surface area contributed by atoms with Gasteiger partial charge >= 0.3 is 0 Å². The van der Waals surface area contributed by atoms with E-state index in [9.17, 15) is 14.7 Å². The molecule has 0 saturated carbocycles. The maximum absolute atomic E-state index is 13.3. The number of nitrogens with one attached hydrogen (secondary N) is 2. The zero-order valence-electron chi connectivity index (χ0n) is 19.4. The summed E-state index contributed by atoms with van der Waals surface area (Å²) in [5.41, 5.74) is 0.488. The summed E-state index contributed by atoms with van der Waals surface area (Å²) < 4.78 is 5.22. The van der Waals surface area contributed by atoms with Crippen LogP contribution in [0.25, 0.3) is 0 Å². The van der Waals surface area contributed by atoms with Gasteiger partial charge in [0.05, 0.1) is 27.5 Å². The van der Waals surface area contributed by atoms with E-state index >= 15 is 0 Å². The molecule has 8 heteroatoms.